The van der Waals surface area contributed by atoms with E-state index in [1.54, 1.807) is 36.5 Å². The summed E-state index contributed by atoms with van der Waals surface area (Å²) in [7, 11) is 0. The van der Waals surface area contributed by atoms with Gasteiger partial charge in [0.1, 0.15) is 5.75 Å². The van der Waals surface area contributed by atoms with Crippen molar-refractivity contribution in [2.45, 2.75) is 31.3 Å². The van der Waals surface area contributed by atoms with Crippen molar-refractivity contribution >= 4 is 12.0 Å². The van der Waals surface area contributed by atoms with E-state index in [4.69, 9.17) is 0 Å². The van der Waals surface area contributed by atoms with Gasteiger partial charge >= 0.3 is 0 Å². The first-order valence-corrected chi connectivity index (χ1v) is 9.59. The maximum atomic E-state index is 12.6. The van der Waals surface area contributed by atoms with Crippen LogP contribution >= 0.6 is 0 Å². The summed E-state index contributed by atoms with van der Waals surface area (Å²) in [6, 6.07) is 11.5. The molecule has 140 valence electrons. The molecule has 2 atom stereocenters. The van der Waals surface area contributed by atoms with Crippen LogP contribution in [0.15, 0.2) is 54.9 Å². The lowest BCUT2D eigenvalue weighted by molar-refractivity contribution is -0.119. The Labute approximate surface area is 159 Å². The lowest BCUT2D eigenvalue weighted by Gasteiger charge is -2.51. The van der Waals surface area contributed by atoms with E-state index in [-0.39, 0.29) is 17.7 Å². The highest BCUT2D eigenvalue weighted by atomic mass is 16.3. The number of nitrogens with one attached hydrogen (secondary N) is 1. The van der Waals surface area contributed by atoms with Crippen LogP contribution in [-0.4, -0.2) is 46.1 Å². The largest absolute Gasteiger partial charge is 0.508 e. The van der Waals surface area contributed by atoms with Gasteiger partial charge in [0.2, 0.25) is 5.91 Å². The Morgan fingerprint density at radius 3 is 2.85 bits per heavy atom. The second-order valence-corrected chi connectivity index (χ2v) is 7.47. The van der Waals surface area contributed by atoms with Crippen molar-refractivity contribution in [1.29, 1.82) is 0 Å². The van der Waals surface area contributed by atoms with Gasteiger partial charge in [-0.3, -0.25) is 14.7 Å². The predicted octanol–water partition coefficient (Wildman–Crippen LogP) is 2.62. The summed E-state index contributed by atoms with van der Waals surface area (Å²) >= 11 is 0. The molecule has 0 radical (unpaired) electrons. The van der Waals surface area contributed by atoms with Gasteiger partial charge in [0.25, 0.3) is 0 Å². The summed E-state index contributed by atoms with van der Waals surface area (Å²) in [5.41, 5.74) is 2.02. The number of benzene rings is 1. The van der Waals surface area contributed by atoms with Crippen molar-refractivity contribution in [3.63, 3.8) is 0 Å². The topological polar surface area (TPSA) is 65.5 Å². The van der Waals surface area contributed by atoms with E-state index >= 15 is 0 Å². The Morgan fingerprint density at radius 2 is 2.11 bits per heavy atom. The molecule has 27 heavy (non-hydrogen) atoms. The molecular formula is C22H25N3O2. The Bertz CT molecular complexity index is 813. The van der Waals surface area contributed by atoms with Crippen LogP contribution in [0.25, 0.3) is 6.08 Å². The molecule has 5 nitrogen and oxygen atoms in total. The van der Waals surface area contributed by atoms with Crippen LogP contribution in [-0.2, 0) is 11.2 Å². The van der Waals surface area contributed by atoms with Gasteiger partial charge in [0.15, 0.2) is 0 Å². The normalized spacial score (nSPS) is 27.0. The van der Waals surface area contributed by atoms with E-state index in [2.05, 4.69) is 21.3 Å². The number of phenolic OH excluding ortho intramolecular Hbond substituents is 1. The molecule has 3 saturated heterocycles. The van der Waals surface area contributed by atoms with Gasteiger partial charge in [-0.2, -0.15) is 0 Å². The second-order valence-electron chi connectivity index (χ2n) is 7.47. The number of nitrogens with zero attached hydrogens (tertiary/aromatic N) is 2. The van der Waals surface area contributed by atoms with Crippen LogP contribution in [0.5, 0.6) is 5.75 Å². The maximum absolute atomic E-state index is 12.6. The van der Waals surface area contributed by atoms with Crippen LogP contribution in [0.3, 0.4) is 0 Å². The van der Waals surface area contributed by atoms with E-state index in [9.17, 15) is 9.90 Å². The highest BCUT2D eigenvalue weighted by Crippen LogP contribution is 2.34. The fourth-order valence-electron chi connectivity index (χ4n) is 4.39. The smallest absolute Gasteiger partial charge is 0.244 e. The molecule has 1 aromatic heterocycles. The molecule has 4 heterocycles. The van der Waals surface area contributed by atoms with Crippen LogP contribution in [0.1, 0.15) is 24.0 Å². The molecular weight excluding hydrogens is 338 g/mol. The first-order valence-electron chi connectivity index (χ1n) is 9.59. The van der Waals surface area contributed by atoms with Crippen LogP contribution in [0, 0.1) is 5.92 Å². The van der Waals surface area contributed by atoms with E-state index < -0.39 is 0 Å². The summed E-state index contributed by atoms with van der Waals surface area (Å²) < 4.78 is 0. The number of hydrogen-bond donors (Lipinski definition) is 2. The predicted molar refractivity (Wildman–Crippen MR) is 105 cm³/mol. The molecule has 3 aliphatic rings. The van der Waals surface area contributed by atoms with E-state index in [0.717, 1.165) is 37.9 Å². The number of piperidine rings is 3. The van der Waals surface area contributed by atoms with Gasteiger partial charge in [-0.1, -0.05) is 18.2 Å². The molecule has 1 aromatic carbocycles. The van der Waals surface area contributed by atoms with E-state index in [0.29, 0.717) is 12.0 Å². The third kappa shape index (κ3) is 4.19. The molecule has 0 aliphatic carbocycles. The number of rotatable bonds is 5. The van der Waals surface area contributed by atoms with Gasteiger partial charge < -0.3 is 10.4 Å². The zero-order valence-electron chi connectivity index (χ0n) is 15.3. The molecule has 2 unspecified atom stereocenters. The summed E-state index contributed by atoms with van der Waals surface area (Å²) in [5.74, 6) is 0.662. The number of amides is 1. The lowest BCUT2D eigenvalue weighted by Crippen LogP contribution is -2.64. The van der Waals surface area contributed by atoms with E-state index in [1.807, 2.05) is 18.3 Å². The standard InChI is InChI=1S/C22H25N3O2/c26-19-5-1-3-16(13-19)6-7-21(27)24-22-18-8-11-25(12-9-18)20(22)14-17-4-2-10-23-15-17/h1-7,10,13,15,18,20,22,26H,8-9,11-12,14H2,(H,24,27)/b7-6+. The summed E-state index contributed by atoms with van der Waals surface area (Å²) in [6.07, 6.45) is 10.2. The van der Waals surface area contributed by atoms with Crippen molar-refractivity contribution in [2.24, 2.45) is 5.92 Å². The SMILES string of the molecule is O=C(/C=C/c1cccc(O)c1)NC1C2CCN(CC2)C1Cc1cccnc1. The average Bonchev–Trinajstić information content (AvgIpc) is 2.70. The number of aromatic hydroxyl groups is 1. The van der Waals surface area contributed by atoms with Crippen molar-refractivity contribution in [1.82, 2.24) is 15.2 Å². The molecule has 3 aliphatic heterocycles. The molecule has 0 saturated carbocycles. The van der Waals surface area contributed by atoms with Crippen LogP contribution in [0.2, 0.25) is 0 Å². The molecule has 2 aromatic rings. The number of phenols is 1. The van der Waals surface area contributed by atoms with E-state index in [1.165, 1.54) is 5.56 Å². The zero-order valence-corrected chi connectivity index (χ0v) is 15.3. The highest BCUT2D eigenvalue weighted by Gasteiger charge is 2.42. The number of hydrogen-bond acceptors (Lipinski definition) is 4. The molecule has 2 bridgehead atoms. The molecule has 2 N–H and O–H groups in total. The zero-order chi connectivity index (χ0) is 18.6. The average molecular weight is 363 g/mol. The first-order chi connectivity index (χ1) is 13.2. The number of fused-ring (bicyclic) bond motifs is 3. The fraction of sp³-hybridized carbons (Fsp3) is 0.364. The number of carbonyl (C=O) groups excluding carboxylic acids is 1. The van der Waals surface area contributed by atoms with Crippen molar-refractivity contribution in [2.75, 3.05) is 13.1 Å². The minimum Gasteiger partial charge on any atom is -0.508 e. The highest BCUT2D eigenvalue weighted by molar-refractivity contribution is 5.92. The van der Waals surface area contributed by atoms with Gasteiger partial charge in [-0.25, -0.2) is 0 Å². The van der Waals surface area contributed by atoms with Gasteiger partial charge in [-0.15, -0.1) is 0 Å². The third-order valence-electron chi connectivity index (χ3n) is 5.74. The quantitative estimate of drug-likeness (QED) is 0.802. The van der Waals surface area contributed by atoms with Crippen molar-refractivity contribution in [3.8, 4) is 5.75 Å². The Hall–Kier alpha value is -2.66. The summed E-state index contributed by atoms with van der Waals surface area (Å²) in [4.78, 5) is 19.3. The minimum absolute atomic E-state index is 0.0757. The maximum Gasteiger partial charge on any atom is 0.244 e. The fourth-order valence-corrected chi connectivity index (χ4v) is 4.39. The Morgan fingerprint density at radius 1 is 1.26 bits per heavy atom. The Balaban J connectivity index is 1.45. The van der Waals surface area contributed by atoms with Crippen LogP contribution < -0.4 is 5.32 Å². The van der Waals surface area contributed by atoms with Gasteiger partial charge in [-0.05, 0) is 73.7 Å². The number of pyridine rings is 1. The molecule has 1 amide bonds. The third-order valence-corrected chi connectivity index (χ3v) is 5.74. The molecule has 5 heteroatoms. The molecule has 3 fully saturated rings. The monoisotopic (exact) mass is 363 g/mol. The minimum atomic E-state index is -0.0757. The molecule has 0 spiro atoms. The summed E-state index contributed by atoms with van der Waals surface area (Å²) in [6.45, 7) is 2.22. The van der Waals surface area contributed by atoms with Gasteiger partial charge in [0, 0.05) is 30.6 Å². The molecule has 5 rings (SSSR count). The number of carbonyl (C=O) groups is 1. The lowest BCUT2D eigenvalue weighted by atomic mass is 9.77. The summed E-state index contributed by atoms with van der Waals surface area (Å²) in [5, 5.41) is 12.8. The number of aromatic nitrogens is 1. The first kappa shape index (κ1) is 17.7. The van der Waals surface area contributed by atoms with Gasteiger partial charge in [0.05, 0.1) is 0 Å². The van der Waals surface area contributed by atoms with Crippen molar-refractivity contribution in [3.05, 3.63) is 66.0 Å². The van der Waals surface area contributed by atoms with Crippen molar-refractivity contribution < 1.29 is 9.90 Å². The van der Waals surface area contributed by atoms with Crippen LogP contribution in [0.4, 0.5) is 0 Å². The Kier molecular flexibility index (Phi) is 5.21. The second kappa shape index (κ2) is 7.92.